The first kappa shape index (κ1) is 14.9. The molecule has 124 valence electrons. The molecule has 6 nitrogen and oxygen atoms in total. The largest absolute Gasteiger partial charge is 0.459 e. The van der Waals surface area contributed by atoms with Gasteiger partial charge in [-0.1, -0.05) is 6.07 Å². The maximum absolute atomic E-state index is 12.4. The number of aromatic nitrogens is 1. The summed E-state index contributed by atoms with van der Waals surface area (Å²) in [7, 11) is 0. The molecule has 1 atom stereocenters. The Labute approximate surface area is 139 Å². The van der Waals surface area contributed by atoms with Crippen molar-refractivity contribution in [3.63, 3.8) is 0 Å². The lowest BCUT2D eigenvalue weighted by atomic mass is 9.74. The number of hydrogen-bond donors (Lipinski definition) is 1. The topological polar surface area (TPSA) is 75.4 Å². The molecule has 2 aliphatic heterocycles. The van der Waals surface area contributed by atoms with E-state index in [9.17, 15) is 9.59 Å². The number of carbonyl (C=O) groups is 2. The van der Waals surface area contributed by atoms with Crippen LogP contribution in [-0.2, 0) is 4.79 Å². The number of furan rings is 1. The molecule has 1 N–H and O–H groups in total. The number of nitrogens with one attached hydrogen (secondary N) is 1. The molecule has 24 heavy (non-hydrogen) atoms. The second-order valence-electron chi connectivity index (χ2n) is 6.52. The highest BCUT2D eigenvalue weighted by Gasteiger charge is 2.49. The van der Waals surface area contributed by atoms with E-state index in [1.807, 2.05) is 18.3 Å². The molecule has 2 amide bonds. The number of rotatable bonds is 2. The Kier molecular flexibility index (Phi) is 3.59. The zero-order valence-corrected chi connectivity index (χ0v) is 13.3. The minimum Gasteiger partial charge on any atom is -0.459 e. The highest BCUT2D eigenvalue weighted by atomic mass is 16.3. The number of piperidine rings is 1. The van der Waals surface area contributed by atoms with Crippen LogP contribution in [0.15, 0.2) is 47.3 Å². The Morgan fingerprint density at radius 1 is 1.29 bits per heavy atom. The van der Waals surface area contributed by atoms with Crippen LogP contribution in [0.1, 0.15) is 41.3 Å². The first-order valence-corrected chi connectivity index (χ1v) is 8.22. The predicted molar refractivity (Wildman–Crippen MR) is 86.3 cm³/mol. The van der Waals surface area contributed by atoms with Gasteiger partial charge in [0.1, 0.15) is 0 Å². The smallest absolute Gasteiger partial charge is 0.289 e. The summed E-state index contributed by atoms with van der Waals surface area (Å²) in [6.45, 7) is 1.22. The lowest BCUT2D eigenvalue weighted by Crippen LogP contribution is -2.54. The summed E-state index contributed by atoms with van der Waals surface area (Å²) in [4.78, 5) is 30.5. The van der Waals surface area contributed by atoms with E-state index in [-0.39, 0.29) is 23.3 Å². The molecule has 0 bridgehead atoms. The van der Waals surface area contributed by atoms with E-state index in [2.05, 4.69) is 10.3 Å². The van der Waals surface area contributed by atoms with Crippen LogP contribution in [0, 0.1) is 0 Å². The number of carbonyl (C=O) groups excluding carboxylic acids is 2. The van der Waals surface area contributed by atoms with Crippen molar-refractivity contribution in [2.45, 2.75) is 30.7 Å². The van der Waals surface area contributed by atoms with Crippen molar-refractivity contribution in [3.05, 3.63) is 54.2 Å². The summed E-state index contributed by atoms with van der Waals surface area (Å²) < 4.78 is 5.20. The third kappa shape index (κ3) is 2.48. The zero-order valence-electron chi connectivity index (χ0n) is 13.3. The van der Waals surface area contributed by atoms with Crippen molar-refractivity contribution in [2.75, 3.05) is 13.1 Å². The number of amides is 2. The Morgan fingerprint density at radius 2 is 2.12 bits per heavy atom. The average Bonchev–Trinajstić information content (AvgIpc) is 3.24. The quantitative estimate of drug-likeness (QED) is 0.916. The lowest BCUT2D eigenvalue weighted by Gasteiger charge is -2.42. The van der Waals surface area contributed by atoms with Gasteiger partial charge in [0.05, 0.1) is 11.8 Å². The fourth-order valence-corrected chi connectivity index (χ4v) is 3.95. The first-order valence-electron chi connectivity index (χ1n) is 8.22. The SMILES string of the molecule is O=C1CC(c2cccnc2)C2(CCN(C(=O)c3ccco3)CC2)N1. The predicted octanol–water partition coefficient (Wildman–Crippen LogP) is 1.95. The second-order valence-corrected chi connectivity index (χ2v) is 6.52. The molecular weight excluding hydrogens is 306 g/mol. The lowest BCUT2D eigenvalue weighted by molar-refractivity contribution is -0.120. The summed E-state index contributed by atoms with van der Waals surface area (Å²) in [5.41, 5.74) is 0.807. The van der Waals surface area contributed by atoms with Crippen molar-refractivity contribution in [2.24, 2.45) is 0 Å². The Bertz CT molecular complexity index is 734. The van der Waals surface area contributed by atoms with Gasteiger partial charge in [-0.3, -0.25) is 14.6 Å². The molecule has 6 heteroatoms. The number of nitrogens with zero attached hydrogens (tertiary/aromatic N) is 2. The summed E-state index contributed by atoms with van der Waals surface area (Å²) in [6.07, 6.45) is 7.06. The third-order valence-corrected chi connectivity index (χ3v) is 5.21. The monoisotopic (exact) mass is 325 g/mol. The van der Waals surface area contributed by atoms with E-state index >= 15 is 0 Å². The summed E-state index contributed by atoms with van der Waals surface area (Å²) >= 11 is 0. The molecule has 2 fully saturated rings. The van der Waals surface area contributed by atoms with E-state index in [1.165, 1.54) is 6.26 Å². The fraction of sp³-hybridized carbons (Fsp3) is 0.389. The van der Waals surface area contributed by atoms with Crippen molar-refractivity contribution in [3.8, 4) is 0 Å². The van der Waals surface area contributed by atoms with Gasteiger partial charge in [0.25, 0.3) is 5.91 Å². The van der Waals surface area contributed by atoms with Gasteiger partial charge in [0.2, 0.25) is 5.91 Å². The maximum atomic E-state index is 12.4. The minimum absolute atomic E-state index is 0.0784. The minimum atomic E-state index is -0.278. The molecule has 0 aliphatic carbocycles. The molecule has 0 radical (unpaired) electrons. The Balaban J connectivity index is 1.52. The van der Waals surface area contributed by atoms with Gasteiger partial charge in [-0.2, -0.15) is 0 Å². The van der Waals surface area contributed by atoms with Crippen LogP contribution in [0.5, 0.6) is 0 Å². The molecule has 2 aliphatic rings. The van der Waals surface area contributed by atoms with Crippen LogP contribution < -0.4 is 5.32 Å². The van der Waals surface area contributed by atoms with Gasteiger partial charge >= 0.3 is 0 Å². The number of likely N-dealkylation sites (tertiary alicyclic amines) is 1. The van der Waals surface area contributed by atoms with Crippen LogP contribution >= 0.6 is 0 Å². The highest BCUT2D eigenvalue weighted by molar-refractivity contribution is 5.91. The second kappa shape index (κ2) is 5.78. The first-order chi connectivity index (χ1) is 11.7. The van der Waals surface area contributed by atoms with Gasteiger partial charge in [0.15, 0.2) is 5.76 Å². The van der Waals surface area contributed by atoms with Crippen molar-refractivity contribution in [1.29, 1.82) is 0 Å². The molecule has 2 saturated heterocycles. The summed E-state index contributed by atoms with van der Waals surface area (Å²) in [5.74, 6) is 0.469. The zero-order chi connectivity index (χ0) is 16.6. The van der Waals surface area contributed by atoms with Crippen molar-refractivity contribution >= 4 is 11.8 Å². The summed E-state index contributed by atoms with van der Waals surface area (Å²) in [6, 6.07) is 7.33. The van der Waals surface area contributed by atoms with E-state index in [1.54, 1.807) is 23.2 Å². The van der Waals surface area contributed by atoms with Gasteiger partial charge in [-0.15, -0.1) is 0 Å². The van der Waals surface area contributed by atoms with Gasteiger partial charge < -0.3 is 14.6 Å². The molecule has 4 rings (SSSR count). The molecule has 0 aromatic carbocycles. The van der Waals surface area contributed by atoms with E-state index in [0.717, 1.165) is 18.4 Å². The van der Waals surface area contributed by atoms with Gasteiger partial charge in [-0.05, 0) is 36.6 Å². The Hall–Kier alpha value is -2.63. The molecule has 2 aromatic heterocycles. The van der Waals surface area contributed by atoms with Crippen LogP contribution in [0.2, 0.25) is 0 Å². The molecule has 0 saturated carbocycles. The van der Waals surface area contributed by atoms with E-state index in [0.29, 0.717) is 25.3 Å². The average molecular weight is 325 g/mol. The molecule has 1 spiro atoms. The summed E-state index contributed by atoms with van der Waals surface area (Å²) in [5, 5.41) is 3.18. The Morgan fingerprint density at radius 3 is 2.79 bits per heavy atom. The molecular formula is C18H19N3O3. The fourth-order valence-electron chi connectivity index (χ4n) is 3.95. The van der Waals surface area contributed by atoms with E-state index in [4.69, 9.17) is 4.42 Å². The van der Waals surface area contributed by atoms with Crippen molar-refractivity contribution < 1.29 is 14.0 Å². The number of hydrogen-bond acceptors (Lipinski definition) is 4. The third-order valence-electron chi connectivity index (χ3n) is 5.21. The van der Waals surface area contributed by atoms with Crippen LogP contribution in [0.4, 0.5) is 0 Å². The van der Waals surface area contributed by atoms with Gasteiger partial charge in [-0.25, -0.2) is 0 Å². The number of pyridine rings is 1. The van der Waals surface area contributed by atoms with Crippen LogP contribution in [0.3, 0.4) is 0 Å². The molecule has 4 heterocycles. The standard InChI is InChI=1S/C18H19N3O3/c22-16-11-14(13-3-1-7-19-12-13)18(20-16)5-8-21(9-6-18)17(23)15-4-2-10-24-15/h1-4,7,10,12,14H,5-6,8-9,11H2,(H,20,22). The molecule has 2 aromatic rings. The maximum Gasteiger partial charge on any atom is 0.289 e. The normalized spacial score (nSPS) is 22.6. The van der Waals surface area contributed by atoms with Crippen LogP contribution in [0.25, 0.3) is 0 Å². The van der Waals surface area contributed by atoms with Crippen molar-refractivity contribution in [1.82, 2.24) is 15.2 Å². The molecule has 1 unspecified atom stereocenters. The highest BCUT2D eigenvalue weighted by Crippen LogP contribution is 2.43. The van der Waals surface area contributed by atoms with E-state index < -0.39 is 0 Å². The van der Waals surface area contributed by atoms with Crippen LogP contribution in [-0.4, -0.2) is 40.3 Å². The van der Waals surface area contributed by atoms with Gasteiger partial charge in [0, 0.05) is 37.8 Å².